The van der Waals surface area contributed by atoms with E-state index in [1.807, 2.05) is 60.7 Å². The first-order valence-electron chi connectivity index (χ1n) is 16.3. The van der Waals surface area contributed by atoms with E-state index in [0.717, 1.165) is 85.0 Å². The maximum atomic E-state index is 13.7. The van der Waals surface area contributed by atoms with Crippen LogP contribution in [0.1, 0.15) is 76.3 Å². The fraction of sp³-hybridized carbons (Fsp3) is 0.611. The second kappa shape index (κ2) is 20.1. The number of hydrogen-bond donors (Lipinski definition) is 0. The molecule has 0 aromatic heterocycles. The van der Waals surface area contributed by atoms with Gasteiger partial charge in [0, 0.05) is 11.8 Å². The monoisotopic (exact) mass is 834 g/mol. The van der Waals surface area contributed by atoms with Gasteiger partial charge in [0.1, 0.15) is 0 Å². The number of esters is 2. The largest absolute Gasteiger partial charge is 1.00 e. The Balaban J connectivity index is 0.00000484. The molecule has 2 aromatic carbocycles. The first-order valence-corrected chi connectivity index (χ1v) is 16.3. The summed E-state index contributed by atoms with van der Waals surface area (Å²) in [5.41, 5.74) is 1.98. The van der Waals surface area contributed by atoms with Crippen molar-refractivity contribution in [2.45, 2.75) is 65.2 Å². The van der Waals surface area contributed by atoms with Crippen LogP contribution in [0.3, 0.4) is 0 Å². The Morgan fingerprint density at radius 3 is 1.18 bits per heavy atom. The van der Waals surface area contributed by atoms with Gasteiger partial charge in [-0.15, -0.1) is 0 Å². The van der Waals surface area contributed by atoms with Gasteiger partial charge in [-0.3, -0.25) is 9.59 Å². The smallest absolute Gasteiger partial charge is 0.310 e. The molecule has 0 aliphatic heterocycles. The molecule has 0 N–H and O–H groups in total. The summed E-state index contributed by atoms with van der Waals surface area (Å²) in [5.74, 6) is -1.80. The molecule has 1 aliphatic carbocycles. The lowest BCUT2D eigenvalue weighted by Gasteiger charge is -2.49. The molecule has 6 nitrogen and oxygen atoms in total. The molecule has 1 saturated carbocycles. The van der Waals surface area contributed by atoms with Crippen LogP contribution in [0.25, 0.3) is 0 Å². The van der Waals surface area contributed by atoms with Crippen molar-refractivity contribution in [3.8, 4) is 0 Å². The van der Waals surface area contributed by atoms with E-state index >= 15 is 0 Å². The normalized spacial score (nSPS) is 19.6. The number of rotatable bonds is 18. The summed E-state index contributed by atoms with van der Waals surface area (Å²) >= 11 is 0. The summed E-state index contributed by atoms with van der Waals surface area (Å²) in [6.45, 7) is 16.3. The van der Waals surface area contributed by atoms with Gasteiger partial charge in [0.2, 0.25) is 0 Å². The summed E-state index contributed by atoms with van der Waals surface area (Å²) < 4.78 is 13.9. The number of benzene rings is 2. The van der Waals surface area contributed by atoms with Gasteiger partial charge in [0.25, 0.3) is 0 Å². The molecule has 8 heteroatoms. The third-order valence-electron chi connectivity index (χ3n) is 10.2. The lowest BCUT2D eigenvalue weighted by atomic mass is 9.52. The molecule has 248 valence electrons. The fourth-order valence-corrected chi connectivity index (χ4v) is 6.32. The molecular weight excluding hydrogens is 778 g/mol. The minimum Gasteiger partial charge on any atom is -1.00 e. The Hall–Kier alpha value is -1.24. The van der Waals surface area contributed by atoms with Crippen LogP contribution >= 0.6 is 0 Å². The Bertz CT molecular complexity index is 998. The van der Waals surface area contributed by atoms with E-state index < -0.39 is 11.8 Å². The average Bonchev–Trinajstić information content (AvgIpc) is 3.01. The Labute approximate surface area is 301 Å². The van der Waals surface area contributed by atoms with Crippen molar-refractivity contribution in [2.75, 3.05) is 66.6 Å². The van der Waals surface area contributed by atoms with E-state index in [4.69, 9.17) is 9.47 Å². The molecule has 0 heterocycles. The summed E-state index contributed by atoms with van der Waals surface area (Å²) in [7, 11) is 4.56. The van der Waals surface area contributed by atoms with Crippen molar-refractivity contribution in [2.24, 2.45) is 11.8 Å². The number of halogens is 2. The zero-order valence-electron chi connectivity index (χ0n) is 27.9. The maximum Gasteiger partial charge on any atom is 0.310 e. The van der Waals surface area contributed by atoms with Crippen molar-refractivity contribution in [3.63, 3.8) is 0 Å². The van der Waals surface area contributed by atoms with Crippen molar-refractivity contribution in [1.29, 1.82) is 0 Å². The maximum absolute atomic E-state index is 13.7. The van der Waals surface area contributed by atoms with E-state index in [0.29, 0.717) is 13.2 Å². The Morgan fingerprint density at radius 1 is 0.568 bits per heavy atom. The van der Waals surface area contributed by atoms with Crippen LogP contribution in [-0.4, -0.2) is 87.5 Å². The van der Waals surface area contributed by atoms with Crippen LogP contribution in [-0.2, 0) is 19.1 Å². The minimum atomic E-state index is -0.424. The van der Waals surface area contributed by atoms with Gasteiger partial charge in [-0.2, -0.15) is 0 Å². The van der Waals surface area contributed by atoms with Crippen molar-refractivity contribution >= 4 is 11.9 Å². The SMILES string of the molecule is CC[N+](C)(CC)CCCCOC(=O)C1C(c2ccccc2)C(C(=O)OCCCC[N+](C)(CC)CC)C1c1ccccc1.[I-].[I-]. The van der Waals surface area contributed by atoms with E-state index in [2.05, 4.69) is 41.8 Å². The number of quaternary nitrogens is 2. The summed E-state index contributed by atoms with van der Waals surface area (Å²) in [5, 5.41) is 0. The van der Waals surface area contributed by atoms with Crippen LogP contribution in [0.15, 0.2) is 60.7 Å². The molecule has 44 heavy (non-hydrogen) atoms. The van der Waals surface area contributed by atoms with Crippen LogP contribution in [0.2, 0.25) is 0 Å². The van der Waals surface area contributed by atoms with Gasteiger partial charge < -0.3 is 66.4 Å². The molecule has 1 aliphatic rings. The van der Waals surface area contributed by atoms with Gasteiger partial charge in [0.15, 0.2) is 0 Å². The predicted octanol–water partition coefficient (Wildman–Crippen LogP) is 0.428. The summed E-state index contributed by atoms with van der Waals surface area (Å²) in [4.78, 5) is 27.4. The van der Waals surface area contributed by atoms with Gasteiger partial charge in [0.05, 0.1) is 78.4 Å². The standard InChI is InChI=1S/C36H56N2O4.2HI/c1-7-37(5,8-2)25-17-19-27-41-35(39)33-31(29-21-13-11-14-22-29)34(32(33)30-23-15-12-16-24-30)36(40)42-28-20-18-26-38(6,9-3)10-4;;/h11-16,21-24,31-34H,7-10,17-20,25-28H2,1-6H3;2*1H/q+2;;/p-2. The summed E-state index contributed by atoms with van der Waals surface area (Å²) in [6.07, 6.45) is 3.73. The highest BCUT2D eigenvalue weighted by molar-refractivity contribution is 5.85. The topological polar surface area (TPSA) is 52.6 Å². The van der Waals surface area contributed by atoms with Gasteiger partial charge in [-0.05, 0) is 64.5 Å². The van der Waals surface area contributed by atoms with Gasteiger partial charge in [-0.25, -0.2) is 0 Å². The van der Waals surface area contributed by atoms with Crippen LogP contribution in [0, 0.1) is 11.8 Å². The molecule has 3 rings (SSSR count). The van der Waals surface area contributed by atoms with Crippen molar-refractivity contribution < 1.29 is 76.0 Å². The minimum absolute atomic E-state index is 0. The first kappa shape index (κ1) is 40.8. The fourth-order valence-electron chi connectivity index (χ4n) is 6.32. The lowest BCUT2D eigenvalue weighted by molar-refractivity contribution is -0.906. The molecule has 1 fully saturated rings. The molecule has 2 aromatic rings. The van der Waals surface area contributed by atoms with E-state index in [1.54, 1.807) is 0 Å². The Kier molecular flexibility index (Phi) is 18.6. The highest BCUT2D eigenvalue weighted by atomic mass is 127. The predicted molar refractivity (Wildman–Crippen MR) is 170 cm³/mol. The third kappa shape index (κ3) is 10.9. The van der Waals surface area contributed by atoms with Gasteiger partial charge in [-0.1, -0.05) is 60.7 Å². The molecule has 0 saturated heterocycles. The number of nitrogens with zero attached hydrogens (tertiary/aromatic N) is 2. The highest BCUT2D eigenvalue weighted by Gasteiger charge is 2.59. The zero-order valence-corrected chi connectivity index (χ0v) is 32.2. The summed E-state index contributed by atoms with van der Waals surface area (Å²) in [6, 6.07) is 19.9. The highest BCUT2D eigenvalue weighted by Crippen LogP contribution is 2.58. The number of hydrogen-bond acceptors (Lipinski definition) is 4. The van der Waals surface area contributed by atoms with Crippen molar-refractivity contribution in [3.05, 3.63) is 71.8 Å². The molecule has 0 atom stereocenters. The zero-order chi connectivity index (χ0) is 30.6. The Morgan fingerprint density at radius 2 is 0.886 bits per heavy atom. The first-order chi connectivity index (χ1) is 20.2. The lowest BCUT2D eigenvalue weighted by Crippen LogP contribution is -3.00. The molecule has 0 amide bonds. The van der Waals surface area contributed by atoms with Crippen molar-refractivity contribution in [1.82, 2.24) is 0 Å². The van der Waals surface area contributed by atoms with Crippen LogP contribution < -0.4 is 48.0 Å². The number of carbonyl (C=O) groups excluding carboxylic acids is 2. The second-order valence-electron chi connectivity index (χ2n) is 12.6. The molecule has 0 radical (unpaired) electrons. The van der Waals surface area contributed by atoms with Crippen LogP contribution in [0.4, 0.5) is 0 Å². The van der Waals surface area contributed by atoms with Crippen LogP contribution in [0.5, 0.6) is 0 Å². The molecular formula is C36H56I2N2O4. The van der Waals surface area contributed by atoms with E-state index in [9.17, 15) is 9.59 Å². The quantitative estimate of drug-likeness (QED) is 0.0948. The average molecular weight is 835 g/mol. The molecule has 0 unspecified atom stereocenters. The molecule has 0 bridgehead atoms. The number of carbonyl (C=O) groups is 2. The number of ether oxygens (including phenoxy) is 2. The molecule has 0 spiro atoms. The van der Waals surface area contributed by atoms with E-state index in [-0.39, 0.29) is 71.7 Å². The van der Waals surface area contributed by atoms with E-state index in [1.165, 1.54) is 0 Å². The second-order valence-corrected chi connectivity index (χ2v) is 12.6. The third-order valence-corrected chi connectivity index (χ3v) is 10.2. The number of unbranched alkanes of at least 4 members (excludes halogenated alkanes) is 2. The van der Waals surface area contributed by atoms with Gasteiger partial charge >= 0.3 is 11.9 Å².